The Morgan fingerprint density at radius 3 is 2.27 bits per heavy atom. The molecule has 0 unspecified atom stereocenters. The molecule has 7 heteroatoms. The summed E-state index contributed by atoms with van der Waals surface area (Å²) in [5, 5.41) is 9.24. The van der Waals surface area contributed by atoms with E-state index < -0.39 is 15.8 Å². The van der Waals surface area contributed by atoms with Gasteiger partial charge in [0.25, 0.3) is 0 Å². The van der Waals surface area contributed by atoms with Crippen LogP contribution in [0.5, 0.6) is 0 Å². The molecule has 0 aliphatic carbocycles. The van der Waals surface area contributed by atoms with E-state index >= 15 is 0 Å². The van der Waals surface area contributed by atoms with Crippen LogP contribution in [0.3, 0.4) is 0 Å². The van der Waals surface area contributed by atoms with Gasteiger partial charge in [0.2, 0.25) is 0 Å². The second-order valence-electron chi connectivity index (χ2n) is 4.85. The summed E-state index contributed by atoms with van der Waals surface area (Å²) in [5.41, 5.74) is 0.612. The van der Waals surface area contributed by atoms with Crippen LogP contribution < -0.4 is 5.43 Å². The van der Waals surface area contributed by atoms with E-state index in [0.717, 1.165) is 6.26 Å². The Bertz CT molecular complexity index is 876. The van der Waals surface area contributed by atoms with Crippen LogP contribution in [0.4, 0.5) is 0 Å². The first-order valence-corrected chi connectivity index (χ1v) is 8.42. The molecule has 116 valence electrons. The summed E-state index contributed by atoms with van der Waals surface area (Å²) in [7, 11) is -3.64. The third-order valence-corrected chi connectivity index (χ3v) is 4.40. The molecule has 6 nitrogen and oxygen atoms in total. The molecule has 0 saturated carbocycles. The van der Waals surface area contributed by atoms with Gasteiger partial charge in [0.05, 0.1) is 16.1 Å². The molecule has 0 radical (unpaired) electrons. The monoisotopic (exact) mass is 321 g/mol. The molecule has 0 bridgehead atoms. The number of hydrogen-bond donors (Lipinski definition) is 1. The van der Waals surface area contributed by atoms with Gasteiger partial charge < -0.3 is 9.67 Å². The zero-order chi connectivity index (χ0) is 16.5. The lowest BCUT2D eigenvalue weighted by Crippen LogP contribution is -2.12. The van der Waals surface area contributed by atoms with Gasteiger partial charge in [0.1, 0.15) is 0 Å². The molecule has 1 aromatic carbocycles. The van der Waals surface area contributed by atoms with Crippen molar-refractivity contribution in [2.75, 3.05) is 6.26 Å². The number of pyridine rings is 1. The standard InChI is InChI=1S/C15H15NO5S/c1-3-10-8-13(16-6-4-11(17)5-7-16)14(22(2,20)21)9-12(10)15(18)19/h4-9H,3H2,1-2H3,(H,18,19). The lowest BCUT2D eigenvalue weighted by Gasteiger charge is -2.15. The number of carboxylic acid groups (broad SMARTS) is 1. The van der Waals surface area contributed by atoms with E-state index in [9.17, 15) is 23.1 Å². The van der Waals surface area contributed by atoms with Crippen LogP contribution in [-0.4, -0.2) is 30.3 Å². The normalized spacial score (nSPS) is 11.4. The first kappa shape index (κ1) is 16.0. The van der Waals surface area contributed by atoms with Crippen LogP contribution in [0.25, 0.3) is 5.69 Å². The van der Waals surface area contributed by atoms with Crippen LogP contribution in [0.1, 0.15) is 22.8 Å². The van der Waals surface area contributed by atoms with E-state index in [0.29, 0.717) is 17.7 Å². The van der Waals surface area contributed by atoms with Crippen LogP contribution in [0.15, 0.2) is 46.3 Å². The highest BCUT2D eigenvalue weighted by Crippen LogP contribution is 2.25. The molecule has 22 heavy (non-hydrogen) atoms. The SMILES string of the molecule is CCc1cc(-n2ccc(=O)cc2)c(S(C)(=O)=O)cc1C(=O)O. The Morgan fingerprint density at radius 2 is 1.82 bits per heavy atom. The molecule has 0 aliphatic heterocycles. The Kier molecular flexibility index (Phi) is 4.18. The average molecular weight is 321 g/mol. The Morgan fingerprint density at radius 1 is 1.23 bits per heavy atom. The first-order valence-electron chi connectivity index (χ1n) is 6.53. The third-order valence-electron chi connectivity index (χ3n) is 3.27. The number of hydrogen-bond acceptors (Lipinski definition) is 4. The van der Waals surface area contributed by atoms with Crippen molar-refractivity contribution in [3.63, 3.8) is 0 Å². The minimum absolute atomic E-state index is 0.0345. The highest BCUT2D eigenvalue weighted by atomic mass is 32.2. The summed E-state index contributed by atoms with van der Waals surface area (Å²) in [6, 6.07) is 5.32. The fourth-order valence-corrected chi connectivity index (χ4v) is 3.05. The second kappa shape index (κ2) is 5.76. The number of aromatic carboxylic acids is 1. The van der Waals surface area contributed by atoms with Crippen molar-refractivity contribution in [1.29, 1.82) is 0 Å². The maximum Gasteiger partial charge on any atom is 0.336 e. The van der Waals surface area contributed by atoms with E-state index in [1.54, 1.807) is 6.92 Å². The van der Waals surface area contributed by atoms with Crippen molar-refractivity contribution in [1.82, 2.24) is 4.57 Å². The Labute approximate surface area is 127 Å². The number of aromatic nitrogens is 1. The zero-order valence-corrected chi connectivity index (χ0v) is 12.9. The van der Waals surface area contributed by atoms with Gasteiger partial charge in [-0.15, -0.1) is 0 Å². The Hall–Kier alpha value is -2.41. The summed E-state index contributed by atoms with van der Waals surface area (Å²) in [6.07, 6.45) is 4.36. The summed E-state index contributed by atoms with van der Waals surface area (Å²) in [4.78, 5) is 22.4. The fourth-order valence-electron chi connectivity index (χ4n) is 2.18. The minimum Gasteiger partial charge on any atom is -0.478 e. The predicted octanol–water partition coefficient (Wildman–Crippen LogP) is 1.50. The molecule has 0 spiro atoms. The molecule has 1 heterocycles. The lowest BCUT2D eigenvalue weighted by molar-refractivity contribution is 0.0695. The highest BCUT2D eigenvalue weighted by Gasteiger charge is 2.20. The van der Waals surface area contributed by atoms with Gasteiger partial charge in [-0.25, -0.2) is 13.2 Å². The maximum atomic E-state index is 12.0. The molecule has 0 fully saturated rings. The smallest absolute Gasteiger partial charge is 0.336 e. The van der Waals surface area contributed by atoms with Crippen LogP contribution >= 0.6 is 0 Å². The molecule has 0 atom stereocenters. The van der Waals surface area contributed by atoms with Crippen LogP contribution in [-0.2, 0) is 16.3 Å². The fraction of sp³-hybridized carbons (Fsp3) is 0.200. The molecule has 2 aromatic rings. The second-order valence-corrected chi connectivity index (χ2v) is 6.83. The summed E-state index contributed by atoms with van der Waals surface area (Å²) in [5.74, 6) is -1.17. The molecule has 0 amide bonds. The molecular formula is C15H15NO5S. The summed E-state index contributed by atoms with van der Waals surface area (Å²) >= 11 is 0. The number of sulfone groups is 1. The van der Waals surface area contributed by atoms with Crippen LogP contribution in [0.2, 0.25) is 0 Å². The van der Waals surface area contributed by atoms with Crippen LogP contribution in [0, 0.1) is 0 Å². The van der Waals surface area contributed by atoms with Gasteiger partial charge in [0, 0.05) is 30.8 Å². The van der Waals surface area contributed by atoms with Crippen molar-refractivity contribution < 1.29 is 18.3 Å². The van der Waals surface area contributed by atoms with Gasteiger partial charge in [-0.05, 0) is 24.1 Å². The number of aryl methyl sites for hydroxylation is 1. The number of benzene rings is 1. The van der Waals surface area contributed by atoms with Gasteiger partial charge >= 0.3 is 5.97 Å². The van der Waals surface area contributed by atoms with Crippen molar-refractivity contribution in [2.24, 2.45) is 0 Å². The topological polar surface area (TPSA) is 93.4 Å². The lowest BCUT2D eigenvalue weighted by atomic mass is 10.0. The number of carbonyl (C=O) groups is 1. The number of rotatable bonds is 4. The number of carboxylic acids is 1. The van der Waals surface area contributed by atoms with Gasteiger partial charge in [0.15, 0.2) is 15.3 Å². The first-order chi connectivity index (χ1) is 10.2. The summed E-state index contributed by atoms with van der Waals surface area (Å²) in [6.45, 7) is 1.79. The van der Waals surface area contributed by atoms with E-state index in [-0.39, 0.29) is 15.9 Å². The molecule has 2 rings (SSSR count). The van der Waals surface area contributed by atoms with Crippen molar-refractivity contribution >= 4 is 15.8 Å². The molecular weight excluding hydrogens is 306 g/mol. The van der Waals surface area contributed by atoms with Gasteiger partial charge in [-0.1, -0.05) is 6.92 Å². The molecule has 0 saturated heterocycles. The number of nitrogens with zero attached hydrogens (tertiary/aromatic N) is 1. The van der Waals surface area contributed by atoms with Gasteiger partial charge in [-0.3, -0.25) is 4.79 Å². The summed E-state index contributed by atoms with van der Waals surface area (Å²) < 4.78 is 25.5. The quantitative estimate of drug-likeness (QED) is 0.921. The highest BCUT2D eigenvalue weighted by molar-refractivity contribution is 7.90. The zero-order valence-electron chi connectivity index (χ0n) is 12.1. The molecule has 1 N–H and O–H groups in total. The molecule has 0 aliphatic rings. The van der Waals surface area contributed by atoms with Gasteiger partial charge in [-0.2, -0.15) is 0 Å². The van der Waals surface area contributed by atoms with Crippen molar-refractivity contribution in [3.8, 4) is 5.69 Å². The third kappa shape index (κ3) is 3.09. The van der Waals surface area contributed by atoms with E-state index in [1.807, 2.05) is 0 Å². The predicted molar refractivity (Wildman–Crippen MR) is 81.5 cm³/mol. The Balaban J connectivity index is 2.84. The average Bonchev–Trinajstić information content (AvgIpc) is 2.45. The minimum atomic E-state index is -3.64. The van der Waals surface area contributed by atoms with Crippen molar-refractivity contribution in [3.05, 3.63) is 58.0 Å². The van der Waals surface area contributed by atoms with E-state index in [1.165, 1.54) is 41.2 Å². The van der Waals surface area contributed by atoms with E-state index in [2.05, 4.69) is 0 Å². The maximum absolute atomic E-state index is 12.0. The largest absolute Gasteiger partial charge is 0.478 e. The van der Waals surface area contributed by atoms with E-state index in [4.69, 9.17) is 0 Å². The van der Waals surface area contributed by atoms with Crippen molar-refractivity contribution in [2.45, 2.75) is 18.2 Å². The molecule has 1 aromatic heterocycles.